The molecule has 12 aromatic carbocycles. The number of rotatable bonds is 26. The van der Waals surface area contributed by atoms with Crippen LogP contribution in [0, 0.1) is 5.41 Å². The first-order chi connectivity index (χ1) is 50.3. The lowest BCUT2D eigenvalue weighted by Gasteiger charge is -2.45. The van der Waals surface area contributed by atoms with Gasteiger partial charge >= 0.3 is 15.2 Å². The summed E-state index contributed by atoms with van der Waals surface area (Å²) in [5, 5.41) is 0. The summed E-state index contributed by atoms with van der Waals surface area (Å²) in [5.74, 6) is 5.55. The normalized spacial score (nSPS) is 19.1. The van der Waals surface area contributed by atoms with Crippen LogP contribution >= 0.6 is 15.2 Å². The van der Waals surface area contributed by atoms with Crippen LogP contribution in [0.5, 0.6) is 46.0 Å². The van der Waals surface area contributed by atoms with E-state index < -0.39 is 31.9 Å². The van der Waals surface area contributed by atoms with Crippen LogP contribution in [0.1, 0.15) is 129 Å². The van der Waals surface area contributed by atoms with Crippen molar-refractivity contribution >= 4 is 15.2 Å². The van der Waals surface area contributed by atoms with Crippen LogP contribution in [0.3, 0.4) is 0 Å². The molecule has 0 bridgehead atoms. The highest BCUT2D eigenvalue weighted by atomic mass is 31.2. The zero-order chi connectivity index (χ0) is 70.6. The quantitative estimate of drug-likeness (QED) is 0.0486. The molecular formula is C91H86O10P2. The van der Waals surface area contributed by atoms with Gasteiger partial charge in [-0.1, -0.05) is 270 Å². The minimum atomic E-state index is -4.28. The minimum absolute atomic E-state index is 0.122. The highest BCUT2D eigenvalue weighted by Crippen LogP contribution is 2.72. The van der Waals surface area contributed by atoms with Gasteiger partial charge in [-0.05, 0) is 167 Å². The summed E-state index contributed by atoms with van der Waals surface area (Å²) >= 11 is 0. The third-order valence-electron chi connectivity index (χ3n) is 19.9. The molecular weight excluding hydrogens is 1310 g/mol. The Hall–Kier alpha value is -9.86. The van der Waals surface area contributed by atoms with E-state index in [0.717, 1.165) is 25.7 Å². The van der Waals surface area contributed by atoms with Gasteiger partial charge in [-0.3, -0.25) is 9.13 Å². The standard InChI is InChI=1S/C91H86O10P2/c1-65(73-25-9-5-10-26-73)57-69-41-49-77(50-42-69)98-85-37-21-17-33-81(85)89(82-34-18-22-38-86(82)99-78-51-43-70(44-52-78)58-66(2)74-27-11-6-12-28-74)102(92)94-61-91(62-95-102)63-96-103(93,97-64-91)90(83-35-19-23-39-87(83)100-79-53-45-71(46-54-79)59-67(3)75-29-13-7-14-30-75)84-36-20-24-40-88(84)101-80-55-47-72(48-56-80)60-68(4)76-31-15-8-16-32-76/h5-56,65-68,89-90H,57-64H2,1-4H3. The van der Waals surface area contributed by atoms with Gasteiger partial charge in [-0.25, -0.2) is 0 Å². The smallest absolute Gasteiger partial charge is 0.342 e. The molecule has 2 aliphatic rings. The van der Waals surface area contributed by atoms with Crippen LogP contribution < -0.4 is 18.9 Å². The minimum Gasteiger partial charge on any atom is -0.457 e. The second-order valence-corrected chi connectivity index (χ2v) is 31.9. The fourth-order valence-corrected chi connectivity index (χ4v) is 18.8. The number of para-hydroxylation sites is 4. The second kappa shape index (κ2) is 32.2. The molecule has 103 heavy (non-hydrogen) atoms. The van der Waals surface area contributed by atoms with Crippen molar-refractivity contribution in [2.45, 2.75) is 88.4 Å². The molecule has 12 heteroatoms. The maximum atomic E-state index is 16.4. The van der Waals surface area contributed by atoms with E-state index >= 15 is 9.13 Å². The SMILES string of the molecule is CC(Cc1ccc(Oc2ccccc2C(c2ccccc2Oc2ccc(CC(C)c3ccccc3)cc2)P2(=O)OCC3(CO2)COP(=O)(C(c2ccccc2Oc2ccc(CC(C)c4ccccc4)cc2)c2ccccc2Oc2ccc(CC(C)c4ccccc4)cc2)OC3)cc1)c1ccccc1. The van der Waals surface area contributed by atoms with Crippen molar-refractivity contribution in [1.29, 1.82) is 0 Å². The third kappa shape index (κ3) is 17.0. The summed E-state index contributed by atoms with van der Waals surface area (Å²) in [6.45, 7) is 8.46. The van der Waals surface area contributed by atoms with Crippen molar-refractivity contribution in [3.8, 4) is 46.0 Å². The lowest BCUT2D eigenvalue weighted by molar-refractivity contribution is -0.0703. The number of ether oxygens (including phenoxy) is 4. The Morgan fingerprint density at radius 2 is 0.466 bits per heavy atom. The fourth-order valence-electron chi connectivity index (χ4n) is 14.0. The average Bonchev–Trinajstić information content (AvgIpc) is 0.738. The summed E-state index contributed by atoms with van der Waals surface area (Å²) in [7, 11) is -8.56. The lowest BCUT2D eigenvalue weighted by atomic mass is 9.93. The number of hydrogen-bond donors (Lipinski definition) is 0. The number of hydrogen-bond acceptors (Lipinski definition) is 10. The lowest BCUT2D eigenvalue weighted by Crippen LogP contribution is -2.46. The molecule has 1 spiro atoms. The summed E-state index contributed by atoms with van der Waals surface area (Å²) in [6.07, 6.45) is 3.41. The first kappa shape index (κ1) is 70.2. The first-order valence-electron chi connectivity index (χ1n) is 35.7. The Kier molecular flexibility index (Phi) is 22.0. The summed E-state index contributed by atoms with van der Waals surface area (Å²) in [6, 6.07) is 105. The fraction of sp³-hybridized carbons (Fsp3) is 0.209. The molecule has 0 radical (unpaired) electrons. The topological polar surface area (TPSA) is 108 Å². The predicted octanol–water partition coefficient (Wildman–Crippen LogP) is 24.6. The van der Waals surface area contributed by atoms with E-state index in [9.17, 15) is 0 Å². The Labute approximate surface area is 606 Å². The van der Waals surface area contributed by atoms with Gasteiger partial charge in [0.15, 0.2) is 0 Å². The predicted molar refractivity (Wildman–Crippen MR) is 411 cm³/mol. The zero-order valence-electron chi connectivity index (χ0n) is 58.6. The van der Waals surface area contributed by atoms with Gasteiger partial charge in [0.05, 0.1) is 31.8 Å². The molecule has 10 nitrogen and oxygen atoms in total. The molecule has 0 aromatic heterocycles. The highest BCUT2D eigenvalue weighted by Gasteiger charge is 2.55. The van der Waals surface area contributed by atoms with Crippen molar-refractivity contribution in [3.05, 3.63) is 382 Å². The summed E-state index contributed by atoms with van der Waals surface area (Å²) in [4.78, 5) is 0. The van der Waals surface area contributed by atoms with Gasteiger partial charge in [0, 0.05) is 22.3 Å². The third-order valence-corrected chi connectivity index (χ3v) is 24.3. The van der Waals surface area contributed by atoms with Gasteiger partial charge in [-0.2, -0.15) is 0 Å². The van der Waals surface area contributed by atoms with Gasteiger partial charge in [0.1, 0.15) is 57.3 Å². The van der Waals surface area contributed by atoms with Crippen molar-refractivity contribution in [3.63, 3.8) is 0 Å². The maximum absolute atomic E-state index is 16.4. The molecule has 4 unspecified atom stereocenters. The van der Waals surface area contributed by atoms with Crippen molar-refractivity contribution in [1.82, 2.24) is 0 Å². The van der Waals surface area contributed by atoms with E-state index in [1.807, 2.05) is 170 Å². The zero-order valence-corrected chi connectivity index (χ0v) is 60.4. The molecule has 0 N–H and O–H groups in total. The van der Waals surface area contributed by atoms with Gasteiger partial charge in [-0.15, -0.1) is 0 Å². The van der Waals surface area contributed by atoms with Crippen molar-refractivity contribution < 1.29 is 46.2 Å². The van der Waals surface area contributed by atoms with Gasteiger partial charge in [0.2, 0.25) is 0 Å². The van der Waals surface area contributed by atoms with Gasteiger partial charge < -0.3 is 37.0 Å². The molecule has 0 amide bonds. The van der Waals surface area contributed by atoms with E-state index in [2.05, 4.69) is 173 Å². The van der Waals surface area contributed by atoms with Crippen LogP contribution in [0.4, 0.5) is 0 Å². The van der Waals surface area contributed by atoms with Crippen molar-refractivity contribution in [2.75, 3.05) is 26.4 Å². The van der Waals surface area contributed by atoms with Crippen LogP contribution in [0.2, 0.25) is 0 Å². The Morgan fingerprint density at radius 3 is 0.680 bits per heavy atom. The maximum Gasteiger partial charge on any atom is 0.342 e. The van der Waals surface area contributed by atoms with E-state index in [1.165, 1.54) is 44.5 Å². The van der Waals surface area contributed by atoms with Gasteiger partial charge in [0.25, 0.3) is 0 Å². The largest absolute Gasteiger partial charge is 0.457 e. The molecule has 4 atom stereocenters. The van der Waals surface area contributed by atoms with E-state index in [0.29, 0.717) is 91.9 Å². The molecule has 12 aromatic rings. The molecule has 2 aliphatic heterocycles. The molecule has 520 valence electrons. The molecule has 0 saturated carbocycles. The van der Waals surface area contributed by atoms with Crippen LogP contribution in [0.15, 0.2) is 315 Å². The molecule has 0 aliphatic carbocycles. The molecule has 2 heterocycles. The summed E-state index contributed by atoms with van der Waals surface area (Å²) in [5.41, 5.74) is 8.89. The Balaban J connectivity index is 0.752. The van der Waals surface area contributed by atoms with Crippen LogP contribution in [-0.4, -0.2) is 26.4 Å². The van der Waals surface area contributed by atoms with Crippen molar-refractivity contribution in [2.24, 2.45) is 5.41 Å². The number of benzene rings is 12. The van der Waals surface area contributed by atoms with E-state index in [-0.39, 0.29) is 26.4 Å². The monoisotopic (exact) mass is 1400 g/mol. The average molecular weight is 1400 g/mol. The van der Waals surface area contributed by atoms with E-state index in [4.69, 9.17) is 37.0 Å². The first-order valence-corrected chi connectivity index (χ1v) is 38.9. The molecule has 2 saturated heterocycles. The van der Waals surface area contributed by atoms with E-state index in [1.54, 1.807) is 0 Å². The molecule has 14 rings (SSSR count). The van der Waals surface area contributed by atoms with Crippen LogP contribution in [0.25, 0.3) is 0 Å². The Bertz CT molecular complexity index is 4240. The molecule has 2 fully saturated rings. The Morgan fingerprint density at radius 1 is 0.272 bits per heavy atom. The second-order valence-electron chi connectivity index (χ2n) is 27.7. The van der Waals surface area contributed by atoms with Crippen LogP contribution in [-0.2, 0) is 52.9 Å². The summed E-state index contributed by atoms with van der Waals surface area (Å²) < 4.78 is 87.5. The highest BCUT2D eigenvalue weighted by molar-refractivity contribution is 7.55.